The van der Waals surface area contributed by atoms with Gasteiger partial charge in [-0.2, -0.15) is 0 Å². The monoisotopic (exact) mass is 139 g/mol. The molecule has 52 valence electrons. The third-order valence-corrected chi connectivity index (χ3v) is 0.946. The van der Waals surface area contributed by atoms with Crippen LogP contribution in [0.4, 0.5) is 0 Å². The molecule has 0 spiro atoms. The molecule has 0 saturated heterocycles. The fourth-order valence-electron chi connectivity index (χ4n) is 0.450. The molecule has 1 heterocycles. The van der Waals surface area contributed by atoms with E-state index in [9.17, 15) is 4.79 Å². The summed E-state index contributed by atoms with van der Waals surface area (Å²) in [6.45, 7) is 3.26. The van der Waals surface area contributed by atoms with Crippen molar-refractivity contribution in [2.45, 2.75) is 0 Å². The molecule has 0 aromatic carbocycles. The molecule has 1 aromatic rings. The van der Waals surface area contributed by atoms with E-state index in [4.69, 9.17) is 5.11 Å². The molecule has 0 atom stereocenters. The van der Waals surface area contributed by atoms with Crippen molar-refractivity contribution in [2.24, 2.45) is 0 Å². The van der Waals surface area contributed by atoms with Gasteiger partial charge in [-0.1, -0.05) is 11.8 Å². The minimum absolute atomic E-state index is 0.113. The minimum Gasteiger partial charge on any atom is -0.477 e. The Morgan fingerprint density at radius 1 is 1.70 bits per heavy atom. The molecule has 1 N–H and O–H groups in total. The van der Waals surface area contributed by atoms with Crippen LogP contribution in [0.15, 0.2) is 19.0 Å². The van der Waals surface area contributed by atoms with Crippen molar-refractivity contribution in [2.75, 3.05) is 0 Å². The van der Waals surface area contributed by atoms with Gasteiger partial charge < -0.3 is 5.11 Å². The van der Waals surface area contributed by atoms with Gasteiger partial charge in [0, 0.05) is 0 Å². The highest BCUT2D eigenvalue weighted by atomic mass is 16.4. The molecule has 1 rings (SSSR count). The summed E-state index contributed by atoms with van der Waals surface area (Å²) in [6.07, 6.45) is 2.80. The first kappa shape index (κ1) is 6.47. The summed E-state index contributed by atoms with van der Waals surface area (Å²) < 4.78 is 1.09. The first-order chi connectivity index (χ1) is 4.72. The molecular weight excluding hydrogens is 134 g/mol. The van der Waals surface area contributed by atoms with E-state index < -0.39 is 5.97 Å². The van der Waals surface area contributed by atoms with E-state index >= 15 is 0 Å². The summed E-state index contributed by atoms with van der Waals surface area (Å²) in [4.78, 5) is 10.2. The van der Waals surface area contributed by atoms with Gasteiger partial charge in [-0.25, -0.2) is 9.48 Å². The van der Waals surface area contributed by atoms with Gasteiger partial charge in [0.1, 0.15) is 5.70 Å². The number of hydrogen-bond donors (Lipinski definition) is 1. The Bertz CT molecular complexity index is 252. The fraction of sp³-hybridized carbons (Fsp3) is 0. The van der Waals surface area contributed by atoms with Crippen LogP contribution < -0.4 is 0 Å². The maximum atomic E-state index is 10.2. The molecule has 5 heteroatoms. The van der Waals surface area contributed by atoms with E-state index in [-0.39, 0.29) is 5.70 Å². The third-order valence-electron chi connectivity index (χ3n) is 0.946. The topological polar surface area (TPSA) is 68.0 Å². The van der Waals surface area contributed by atoms with Gasteiger partial charge in [-0.3, -0.25) is 0 Å². The van der Waals surface area contributed by atoms with E-state index in [0.717, 1.165) is 4.68 Å². The Balaban J connectivity index is 2.88. The quantitative estimate of drug-likeness (QED) is 0.578. The van der Waals surface area contributed by atoms with Gasteiger partial charge in [0.15, 0.2) is 0 Å². The first-order valence-electron chi connectivity index (χ1n) is 2.50. The Kier molecular flexibility index (Phi) is 1.49. The molecule has 0 amide bonds. The second-order valence-corrected chi connectivity index (χ2v) is 1.60. The number of aliphatic carboxylic acids is 1. The summed E-state index contributed by atoms with van der Waals surface area (Å²) >= 11 is 0. The van der Waals surface area contributed by atoms with Crippen molar-refractivity contribution in [1.29, 1.82) is 0 Å². The van der Waals surface area contributed by atoms with Crippen LogP contribution in [-0.2, 0) is 4.79 Å². The van der Waals surface area contributed by atoms with Crippen molar-refractivity contribution >= 4 is 11.7 Å². The lowest BCUT2D eigenvalue weighted by atomic mass is 10.5. The number of nitrogens with zero attached hydrogens (tertiary/aromatic N) is 3. The van der Waals surface area contributed by atoms with Crippen molar-refractivity contribution in [3.05, 3.63) is 19.0 Å². The molecule has 0 fully saturated rings. The first-order valence-corrected chi connectivity index (χ1v) is 2.50. The van der Waals surface area contributed by atoms with Crippen LogP contribution in [0.3, 0.4) is 0 Å². The highest BCUT2D eigenvalue weighted by Crippen LogP contribution is 1.95. The average molecular weight is 139 g/mol. The van der Waals surface area contributed by atoms with E-state index in [1.165, 1.54) is 12.4 Å². The van der Waals surface area contributed by atoms with Gasteiger partial charge in [0.05, 0.1) is 12.4 Å². The van der Waals surface area contributed by atoms with Crippen LogP contribution >= 0.6 is 0 Å². The second-order valence-electron chi connectivity index (χ2n) is 1.60. The van der Waals surface area contributed by atoms with Crippen LogP contribution in [0.1, 0.15) is 0 Å². The Morgan fingerprint density at radius 2 is 2.40 bits per heavy atom. The number of carboxylic acids is 1. The number of carbonyl (C=O) groups is 1. The molecule has 1 aromatic heterocycles. The summed E-state index contributed by atoms with van der Waals surface area (Å²) in [6, 6.07) is 0. The lowest BCUT2D eigenvalue weighted by Crippen LogP contribution is -2.06. The maximum Gasteiger partial charge on any atom is 0.353 e. The van der Waals surface area contributed by atoms with Gasteiger partial charge >= 0.3 is 5.97 Å². The number of carboxylic acid groups (broad SMARTS) is 1. The zero-order chi connectivity index (χ0) is 7.56. The van der Waals surface area contributed by atoms with Crippen LogP contribution in [0.25, 0.3) is 5.70 Å². The molecule has 0 unspecified atom stereocenters. The Labute approximate surface area is 56.6 Å². The van der Waals surface area contributed by atoms with Crippen molar-refractivity contribution < 1.29 is 9.90 Å². The van der Waals surface area contributed by atoms with Crippen LogP contribution in [0.5, 0.6) is 0 Å². The zero-order valence-electron chi connectivity index (χ0n) is 5.06. The second kappa shape index (κ2) is 2.30. The minimum atomic E-state index is -1.11. The van der Waals surface area contributed by atoms with Crippen molar-refractivity contribution in [3.8, 4) is 0 Å². The highest BCUT2D eigenvalue weighted by molar-refractivity contribution is 6.07. The number of aromatic nitrogens is 3. The van der Waals surface area contributed by atoms with Crippen molar-refractivity contribution in [3.63, 3.8) is 0 Å². The zero-order valence-corrected chi connectivity index (χ0v) is 5.06. The summed E-state index contributed by atoms with van der Waals surface area (Å²) in [7, 11) is 0. The molecule has 10 heavy (non-hydrogen) atoms. The molecule has 0 radical (unpaired) electrons. The van der Waals surface area contributed by atoms with Gasteiger partial charge in [0.2, 0.25) is 0 Å². The summed E-state index contributed by atoms with van der Waals surface area (Å²) in [5.74, 6) is -1.11. The van der Waals surface area contributed by atoms with Gasteiger partial charge in [-0.15, -0.1) is 5.10 Å². The third kappa shape index (κ3) is 1.02. The molecule has 0 aliphatic rings. The molecule has 0 bridgehead atoms. The largest absolute Gasteiger partial charge is 0.477 e. The Morgan fingerprint density at radius 3 is 2.80 bits per heavy atom. The summed E-state index contributed by atoms with van der Waals surface area (Å²) in [5.41, 5.74) is -0.113. The smallest absolute Gasteiger partial charge is 0.353 e. The SMILES string of the molecule is C=C(C(=O)O)n1ccnn1. The molecule has 0 aliphatic heterocycles. The van der Waals surface area contributed by atoms with Crippen LogP contribution in [0.2, 0.25) is 0 Å². The molecule has 5 nitrogen and oxygen atoms in total. The standard InChI is InChI=1S/C5H5N3O2/c1-4(5(9)10)8-3-2-6-7-8/h2-3H,1H2,(H,9,10). The summed E-state index contributed by atoms with van der Waals surface area (Å²) in [5, 5.41) is 15.2. The molecule has 0 saturated carbocycles. The Hall–Kier alpha value is -1.65. The van der Waals surface area contributed by atoms with E-state index in [1.54, 1.807) is 0 Å². The predicted molar refractivity (Wildman–Crippen MR) is 33.0 cm³/mol. The van der Waals surface area contributed by atoms with Crippen LogP contribution in [0, 0.1) is 0 Å². The predicted octanol–water partition coefficient (Wildman–Crippen LogP) is -0.167. The molecular formula is C5H5N3O2. The fourth-order valence-corrected chi connectivity index (χ4v) is 0.450. The maximum absolute atomic E-state index is 10.2. The van der Waals surface area contributed by atoms with Crippen molar-refractivity contribution in [1.82, 2.24) is 15.0 Å². The van der Waals surface area contributed by atoms with E-state index in [2.05, 4.69) is 16.9 Å². The van der Waals surface area contributed by atoms with E-state index in [1.807, 2.05) is 0 Å². The molecule has 0 aliphatic carbocycles. The lowest BCUT2D eigenvalue weighted by molar-refractivity contribution is -0.130. The highest BCUT2D eigenvalue weighted by Gasteiger charge is 2.05. The number of rotatable bonds is 2. The van der Waals surface area contributed by atoms with Gasteiger partial charge in [0.25, 0.3) is 0 Å². The number of hydrogen-bond acceptors (Lipinski definition) is 3. The average Bonchev–Trinajstić information content (AvgIpc) is 2.36. The van der Waals surface area contributed by atoms with Gasteiger partial charge in [-0.05, 0) is 0 Å². The van der Waals surface area contributed by atoms with Crippen LogP contribution in [-0.4, -0.2) is 26.1 Å². The van der Waals surface area contributed by atoms with E-state index in [0.29, 0.717) is 0 Å². The normalized spacial score (nSPS) is 9.20. The lowest BCUT2D eigenvalue weighted by Gasteiger charge is -1.94.